The predicted octanol–water partition coefficient (Wildman–Crippen LogP) is 3.31. The summed E-state index contributed by atoms with van der Waals surface area (Å²) >= 11 is 4.73. The van der Waals surface area contributed by atoms with Crippen LogP contribution in [0.5, 0.6) is 11.9 Å². The van der Waals surface area contributed by atoms with Gasteiger partial charge in [0.15, 0.2) is 29.6 Å². The number of alkyl halides is 1. The summed E-state index contributed by atoms with van der Waals surface area (Å²) in [6.45, 7) is -0.663. The molecule has 8 atom stereocenters. The Kier molecular flexibility index (Phi) is 17.1. The van der Waals surface area contributed by atoms with Gasteiger partial charge in [0.2, 0.25) is 5.88 Å². The molecular weight excluding hydrogens is 1130 g/mol. The number of carbonyl (C=O) groups excluding carboxylic acids is 3. The van der Waals surface area contributed by atoms with Crippen LogP contribution in [0.2, 0.25) is 0 Å². The van der Waals surface area contributed by atoms with Crippen LogP contribution in [0.25, 0.3) is 22.3 Å². The minimum absolute atomic E-state index is 0.246. The Balaban J connectivity index is 0.000000170. The summed E-state index contributed by atoms with van der Waals surface area (Å²) in [5, 5.41) is 29.0. The maximum Gasteiger partial charge on any atom is 0.338 e. The van der Waals surface area contributed by atoms with Crippen LogP contribution in [0.4, 0.5) is 11.5 Å². The van der Waals surface area contributed by atoms with Gasteiger partial charge in [-0.25, -0.2) is 19.4 Å². The van der Waals surface area contributed by atoms with Crippen LogP contribution < -0.4 is 20.9 Å². The summed E-state index contributed by atoms with van der Waals surface area (Å²) in [5.74, 6) is -1.26. The van der Waals surface area contributed by atoms with Crippen molar-refractivity contribution in [2.75, 3.05) is 38.9 Å². The molecule has 7 N–H and O–H groups in total. The number of benzene rings is 3. The second-order valence-electron chi connectivity index (χ2n) is 14.9. The van der Waals surface area contributed by atoms with E-state index in [1.165, 1.54) is 31.2 Å². The first-order valence-electron chi connectivity index (χ1n) is 20.8. The topological polar surface area (TPSA) is 303 Å². The number of hydrogen-bond acceptors (Lipinski definition) is 20. The molecule has 0 radical (unpaired) electrons. The molecule has 0 saturated carbocycles. The smallest absolute Gasteiger partial charge is 0.338 e. The zero-order valence-electron chi connectivity index (χ0n) is 36.6. The SMILES string of the molecule is COc1cc(N)c2ncn([C@@H]3O[C@H](CO)C(O)[C@@H]3O)c2n1.COc1nc(N)c2nc[n]([Hg][Cl])c2n1.O=C(OCC1OC(Cl)C(OC(=O)c2ccccc2)C1OC(=O)c1ccccc1)c1ccccc1. The number of ether oxygens (including phenoxy) is 7. The van der Waals surface area contributed by atoms with Crippen LogP contribution in [-0.4, -0.2) is 135 Å². The number of imidazole rings is 2. The van der Waals surface area contributed by atoms with Crippen molar-refractivity contribution in [3.8, 4) is 11.9 Å². The molecule has 4 aromatic heterocycles. The molecule has 22 nitrogen and oxygen atoms in total. The molecule has 2 aliphatic heterocycles. The van der Waals surface area contributed by atoms with E-state index >= 15 is 0 Å². The van der Waals surface area contributed by atoms with Gasteiger partial charge in [-0.15, -0.1) is 0 Å². The van der Waals surface area contributed by atoms with Gasteiger partial charge in [-0.05, 0) is 36.4 Å². The number of hydrogen-bond donors (Lipinski definition) is 5. The number of aliphatic hydroxyl groups excluding tert-OH is 3. The minimum atomic E-state index is -1.60. The molecule has 2 aliphatic rings. The number of nitrogens with zero attached hydrogens (tertiary/aromatic N) is 7. The van der Waals surface area contributed by atoms with Crippen LogP contribution in [0, 0.1) is 0 Å². The number of anilines is 2. The maximum atomic E-state index is 12.7. The largest absolute Gasteiger partial charge is 0.459 e. The average Bonchev–Trinajstić information content (AvgIpc) is 4.15. The first kappa shape index (κ1) is 50.6. The van der Waals surface area contributed by atoms with E-state index in [1.54, 1.807) is 97.3 Å². The maximum absolute atomic E-state index is 12.7. The number of esters is 3. The Morgan fingerprint density at radius 1 is 0.725 bits per heavy atom. The van der Waals surface area contributed by atoms with Crippen molar-refractivity contribution in [1.29, 1.82) is 0 Å². The fourth-order valence-corrected chi connectivity index (χ4v) is 10.7. The molecule has 2 saturated heterocycles. The molecule has 69 heavy (non-hydrogen) atoms. The normalized spacial score (nSPS) is 21.5. The molecule has 358 valence electrons. The Labute approximate surface area is 413 Å². The Morgan fingerprint density at radius 2 is 1.30 bits per heavy atom. The number of pyridine rings is 1. The van der Waals surface area contributed by atoms with Crippen molar-refractivity contribution in [1.82, 2.24) is 31.8 Å². The standard InChI is InChI=1S/C26H21ClO7.C12H16N4O5.C6H6N5O.ClH.Hg/c27-23-22(34-26(30)19-14-8-3-9-15-19)21(33-25(29)18-12-6-2-7-13-18)20(32-23)16-31-24(28)17-10-4-1-5-11-17;1-20-7-2-5(13)8-11(15-7)16(4-14-8)12-10(19)9(18)6(3-17)21-12;1-12-6-10-4(7)3-5(11-6)9-2-8-3;;/h1-15,20-23H,16H2;2,4,6,9-10,12,17-19H,3H2,1H3,(H2,13,15);2H,1H3,(H2-,7,8,9,10,11);1H;/q;;-1;;+2/p-1/t;6-,9?,10+,12-;;;/m.1.../s1. The number of rotatable bonds is 12. The Morgan fingerprint density at radius 3 is 1.86 bits per heavy atom. The Bertz CT molecular complexity index is 2850. The molecular formula is C44H43Cl2HgN9O13. The molecule has 2 fully saturated rings. The summed E-state index contributed by atoms with van der Waals surface area (Å²) in [4.78, 5) is 58.3. The molecule has 25 heteroatoms. The third-order valence-corrected chi connectivity index (χ3v) is 15.9. The van der Waals surface area contributed by atoms with E-state index in [2.05, 4.69) is 24.9 Å². The number of aromatic nitrogens is 7. The van der Waals surface area contributed by atoms with E-state index < -0.39 is 96.6 Å². The fourth-order valence-electron chi connectivity index (χ4n) is 6.96. The first-order chi connectivity index (χ1) is 33.3. The molecule has 9 rings (SSSR count). The number of methoxy groups -OCH3 is 2. The quantitative estimate of drug-likeness (QED) is 0.0507. The van der Waals surface area contributed by atoms with Gasteiger partial charge in [-0.3, -0.25) is 4.57 Å². The van der Waals surface area contributed by atoms with Crippen LogP contribution >= 0.6 is 19.9 Å². The van der Waals surface area contributed by atoms with E-state index in [0.717, 1.165) is 0 Å². The first-order valence-corrected chi connectivity index (χ1v) is 30.4. The van der Waals surface area contributed by atoms with E-state index in [9.17, 15) is 24.6 Å². The molecule has 5 unspecified atom stereocenters. The predicted molar refractivity (Wildman–Crippen MR) is 242 cm³/mol. The third kappa shape index (κ3) is 11.8. The molecule has 0 amide bonds. The Hall–Kier alpha value is -6.24. The molecule has 7 aromatic rings. The van der Waals surface area contributed by atoms with Gasteiger partial charge in [0.1, 0.15) is 36.5 Å². The fraction of sp³-hybridized carbons (Fsp3) is 0.273. The van der Waals surface area contributed by atoms with Crippen molar-refractivity contribution in [2.45, 2.75) is 48.4 Å². The summed E-state index contributed by atoms with van der Waals surface area (Å²) in [7, 11) is 8.85. The van der Waals surface area contributed by atoms with E-state index in [0.29, 0.717) is 56.4 Å². The van der Waals surface area contributed by atoms with Crippen LogP contribution in [0.1, 0.15) is 37.3 Å². The third-order valence-electron chi connectivity index (χ3n) is 10.5. The van der Waals surface area contributed by atoms with Gasteiger partial charge in [-0.2, -0.15) is 4.98 Å². The molecule has 3 aromatic carbocycles. The van der Waals surface area contributed by atoms with Gasteiger partial charge in [0.05, 0.1) is 42.4 Å². The van der Waals surface area contributed by atoms with Gasteiger partial charge in [-0.1, -0.05) is 66.2 Å². The zero-order valence-corrected chi connectivity index (χ0v) is 43.6. The summed E-state index contributed by atoms with van der Waals surface area (Å²) in [6.07, 6.45) is -4.30. The average molecular weight is 1180 g/mol. The van der Waals surface area contributed by atoms with Crippen molar-refractivity contribution in [2.24, 2.45) is 0 Å². The number of aliphatic hydroxyl groups is 3. The minimum Gasteiger partial charge on any atom is -0.459 e. The second kappa shape index (κ2) is 23.4. The van der Waals surface area contributed by atoms with E-state index in [4.69, 9.17) is 69.6 Å². The molecule has 0 bridgehead atoms. The van der Waals surface area contributed by atoms with Gasteiger partial charge in [0, 0.05) is 6.07 Å². The monoisotopic (exact) mass is 1180 g/mol. The van der Waals surface area contributed by atoms with E-state index in [-0.39, 0.29) is 12.6 Å². The van der Waals surface area contributed by atoms with Crippen molar-refractivity contribution >= 4 is 71.6 Å². The number of carbonyl (C=O) groups is 3. The summed E-state index contributed by atoms with van der Waals surface area (Å²) in [6, 6.07) is 26.9. The van der Waals surface area contributed by atoms with Crippen LogP contribution in [0.15, 0.2) is 110 Å². The van der Waals surface area contributed by atoms with Gasteiger partial charge < -0.3 is 49.5 Å². The van der Waals surface area contributed by atoms with Gasteiger partial charge >= 0.3 is 114 Å². The van der Waals surface area contributed by atoms with Crippen molar-refractivity contribution in [3.63, 3.8) is 0 Å². The number of nitrogen functional groups attached to an aromatic ring is 2. The molecule has 0 spiro atoms. The van der Waals surface area contributed by atoms with Crippen molar-refractivity contribution in [3.05, 3.63) is 126 Å². The second-order valence-corrected chi connectivity index (χ2v) is 21.0. The van der Waals surface area contributed by atoms with Crippen molar-refractivity contribution < 1.29 is 86.5 Å². The van der Waals surface area contributed by atoms with Crippen LogP contribution in [-0.2, 0) is 47.3 Å². The molecule has 6 heterocycles. The molecule has 0 aliphatic carbocycles. The number of fused-ring (bicyclic) bond motifs is 2. The van der Waals surface area contributed by atoms with Gasteiger partial charge in [0.25, 0.3) is 0 Å². The zero-order chi connectivity index (χ0) is 49.2. The number of halogens is 2. The van der Waals surface area contributed by atoms with Crippen LogP contribution in [0.3, 0.4) is 0 Å². The number of nitrogens with two attached hydrogens (primary N) is 2. The summed E-state index contributed by atoms with van der Waals surface area (Å²) in [5.41, 5.74) is 13.8. The van der Waals surface area contributed by atoms with E-state index in [1.807, 2.05) is 2.33 Å². The summed E-state index contributed by atoms with van der Waals surface area (Å²) < 4.78 is 41.0.